The molecule has 0 aliphatic carbocycles. The second-order valence-electron chi connectivity index (χ2n) is 11.4. The highest BCUT2D eigenvalue weighted by Crippen LogP contribution is 2.38. The first-order valence-corrected chi connectivity index (χ1v) is 14.8. The minimum Gasteiger partial charge on any atom is -0.416 e. The van der Waals surface area contributed by atoms with Crippen LogP contribution < -0.4 is 0 Å². The van der Waals surface area contributed by atoms with Crippen LogP contribution >= 0.6 is 0 Å². The van der Waals surface area contributed by atoms with Gasteiger partial charge in [0.25, 0.3) is 0 Å². The highest BCUT2D eigenvalue weighted by Gasteiger charge is 2.42. The second-order valence-corrected chi connectivity index (χ2v) is 16.2. The van der Waals surface area contributed by atoms with Crippen molar-refractivity contribution in [3.63, 3.8) is 0 Å². The van der Waals surface area contributed by atoms with Crippen LogP contribution in [-0.4, -0.2) is 39.5 Å². The van der Waals surface area contributed by atoms with Crippen molar-refractivity contribution in [1.82, 2.24) is 0 Å². The van der Waals surface area contributed by atoms with Gasteiger partial charge >= 0.3 is 0 Å². The molecule has 178 valence electrons. The van der Waals surface area contributed by atoms with E-state index in [0.717, 1.165) is 0 Å². The maximum Gasteiger partial charge on any atom is 0.191 e. The molecule has 5 heteroatoms. The van der Waals surface area contributed by atoms with Crippen molar-refractivity contribution in [3.05, 3.63) is 35.9 Å². The van der Waals surface area contributed by atoms with Gasteiger partial charge in [-0.25, -0.2) is 0 Å². The number of benzene rings is 1. The van der Waals surface area contributed by atoms with E-state index in [1.165, 1.54) is 5.56 Å². The Balaban J connectivity index is 2.16. The summed E-state index contributed by atoms with van der Waals surface area (Å²) >= 11 is 0. The SMILES string of the molecule is C[C@H]([C@H](OCc1ccccc1)[C@H](C)CO[Si](C)(C)C(C)(C)C)[C@@H]1OC(C)(C)OC[C@H]1C. The van der Waals surface area contributed by atoms with Gasteiger partial charge in [-0.05, 0) is 37.5 Å². The van der Waals surface area contributed by atoms with Gasteiger partial charge in [-0.1, -0.05) is 71.9 Å². The molecule has 1 aliphatic rings. The number of ether oxygens (including phenoxy) is 3. The summed E-state index contributed by atoms with van der Waals surface area (Å²) in [6.45, 7) is 24.2. The maximum absolute atomic E-state index is 6.59. The van der Waals surface area contributed by atoms with Crippen LogP contribution in [-0.2, 0) is 25.2 Å². The summed E-state index contributed by atoms with van der Waals surface area (Å²) in [5, 5.41) is 0.196. The van der Waals surface area contributed by atoms with E-state index in [4.69, 9.17) is 18.6 Å². The van der Waals surface area contributed by atoms with Gasteiger partial charge in [-0.2, -0.15) is 0 Å². The predicted octanol–water partition coefficient (Wildman–Crippen LogP) is 6.65. The highest BCUT2D eigenvalue weighted by atomic mass is 28.4. The first-order chi connectivity index (χ1) is 14.2. The Kier molecular flexibility index (Phi) is 8.96. The summed E-state index contributed by atoms with van der Waals surface area (Å²) in [7, 11) is -1.82. The van der Waals surface area contributed by atoms with Crippen LogP contribution in [0, 0.1) is 17.8 Å². The molecule has 1 aromatic carbocycles. The molecule has 1 aromatic rings. The zero-order valence-electron chi connectivity index (χ0n) is 21.5. The van der Waals surface area contributed by atoms with Crippen LogP contribution in [0.5, 0.6) is 0 Å². The van der Waals surface area contributed by atoms with Crippen molar-refractivity contribution in [2.75, 3.05) is 13.2 Å². The van der Waals surface area contributed by atoms with Gasteiger partial charge in [0.15, 0.2) is 14.1 Å². The molecule has 0 aromatic heterocycles. The lowest BCUT2D eigenvalue weighted by atomic mass is 9.83. The van der Waals surface area contributed by atoms with E-state index in [9.17, 15) is 0 Å². The molecular weight excluding hydrogens is 404 g/mol. The fraction of sp³-hybridized carbons (Fsp3) is 0.769. The monoisotopic (exact) mass is 450 g/mol. The molecule has 31 heavy (non-hydrogen) atoms. The maximum atomic E-state index is 6.59. The largest absolute Gasteiger partial charge is 0.416 e. The lowest BCUT2D eigenvalue weighted by Gasteiger charge is -2.45. The van der Waals surface area contributed by atoms with Crippen molar-refractivity contribution >= 4 is 8.32 Å². The van der Waals surface area contributed by atoms with Crippen LogP contribution in [0.3, 0.4) is 0 Å². The topological polar surface area (TPSA) is 36.9 Å². The molecule has 1 heterocycles. The molecule has 4 nitrogen and oxygen atoms in total. The van der Waals surface area contributed by atoms with Crippen molar-refractivity contribution in [3.8, 4) is 0 Å². The summed E-state index contributed by atoms with van der Waals surface area (Å²) in [6, 6.07) is 10.4. The van der Waals surface area contributed by atoms with Gasteiger partial charge in [0, 0.05) is 24.4 Å². The average molecular weight is 451 g/mol. The summed E-state index contributed by atoms with van der Waals surface area (Å²) < 4.78 is 25.4. The van der Waals surface area contributed by atoms with Gasteiger partial charge in [0.1, 0.15) is 0 Å². The van der Waals surface area contributed by atoms with Gasteiger partial charge in [0.05, 0.1) is 25.4 Å². The molecule has 0 amide bonds. The molecule has 1 saturated heterocycles. The second kappa shape index (κ2) is 10.5. The zero-order valence-corrected chi connectivity index (χ0v) is 22.5. The lowest BCUT2D eigenvalue weighted by Crippen LogP contribution is -2.51. The highest BCUT2D eigenvalue weighted by molar-refractivity contribution is 6.74. The summed E-state index contributed by atoms with van der Waals surface area (Å²) in [6.07, 6.45) is 0.117. The van der Waals surface area contributed by atoms with E-state index in [-0.39, 0.29) is 29.1 Å². The summed E-state index contributed by atoms with van der Waals surface area (Å²) in [5.41, 5.74) is 1.19. The molecule has 0 spiro atoms. The summed E-state index contributed by atoms with van der Waals surface area (Å²) in [4.78, 5) is 0. The first-order valence-electron chi connectivity index (χ1n) is 11.8. The Bertz CT molecular complexity index is 668. The zero-order chi connectivity index (χ0) is 23.4. The molecule has 0 N–H and O–H groups in total. The van der Waals surface area contributed by atoms with E-state index in [0.29, 0.717) is 25.7 Å². The minimum atomic E-state index is -1.82. The number of hydrogen-bond acceptors (Lipinski definition) is 4. The Morgan fingerprint density at radius 3 is 2.32 bits per heavy atom. The van der Waals surface area contributed by atoms with E-state index in [1.807, 2.05) is 19.9 Å². The van der Waals surface area contributed by atoms with Crippen molar-refractivity contribution in [2.45, 2.75) is 98.1 Å². The van der Waals surface area contributed by atoms with Gasteiger partial charge in [-0.15, -0.1) is 0 Å². The van der Waals surface area contributed by atoms with Crippen LogP contribution in [0.25, 0.3) is 0 Å². The van der Waals surface area contributed by atoms with E-state index < -0.39 is 14.1 Å². The normalized spacial score (nSPS) is 25.1. The molecule has 1 fully saturated rings. The Hall–Kier alpha value is -0.723. The molecule has 0 bridgehead atoms. The third kappa shape index (κ3) is 7.39. The molecule has 0 radical (unpaired) electrons. The third-order valence-corrected chi connectivity index (χ3v) is 11.6. The molecule has 1 aliphatic heterocycles. The van der Waals surface area contributed by atoms with Crippen molar-refractivity contribution in [2.24, 2.45) is 17.8 Å². The van der Waals surface area contributed by atoms with Gasteiger partial charge in [0.2, 0.25) is 0 Å². The predicted molar refractivity (Wildman–Crippen MR) is 131 cm³/mol. The molecule has 0 unspecified atom stereocenters. The third-order valence-electron chi connectivity index (χ3n) is 7.07. The van der Waals surface area contributed by atoms with Gasteiger partial charge < -0.3 is 18.6 Å². The Morgan fingerprint density at radius 1 is 1.13 bits per heavy atom. The van der Waals surface area contributed by atoms with Crippen LogP contribution in [0.2, 0.25) is 18.1 Å². The van der Waals surface area contributed by atoms with E-state index in [2.05, 4.69) is 78.9 Å². The lowest BCUT2D eigenvalue weighted by molar-refractivity contribution is -0.306. The molecular formula is C26H46O4Si. The Labute approximate surface area is 192 Å². The standard InChI is InChI=1S/C26H46O4Si/c1-19-16-28-26(7,8)30-24(19)21(3)23(27-18-22-14-12-11-13-15-22)20(2)17-29-31(9,10)25(4,5)6/h11-15,19-21,23-24H,16-18H2,1-10H3/t19-,20-,21-,23-,24-/m1/s1. The average Bonchev–Trinajstić information content (AvgIpc) is 2.68. The Morgan fingerprint density at radius 2 is 1.74 bits per heavy atom. The van der Waals surface area contributed by atoms with E-state index in [1.54, 1.807) is 0 Å². The van der Waals surface area contributed by atoms with Crippen molar-refractivity contribution in [1.29, 1.82) is 0 Å². The quantitative estimate of drug-likeness (QED) is 0.395. The van der Waals surface area contributed by atoms with Crippen LogP contribution in [0.4, 0.5) is 0 Å². The number of hydrogen-bond donors (Lipinski definition) is 0. The molecule has 5 atom stereocenters. The van der Waals surface area contributed by atoms with Crippen molar-refractivity contribution < 1.29 is 18.6 Å². The van der Waals surface area contributed by atoms with E-state index >= 15 is 0 Å². The number of rotatable bonds is 9. The molecule has 0 saturated carbocycles. The van der Waals surface area contributed by atoms with Gasteiger partial charge in [-0.3, -0.25) is 0 Å². The van der Waals surface area contributed by atoms with Crippen LogP contribution in [0.1, 0.15) is 61.0 Å². The smallest absolute Gasteiger partial charge is 0.191 e. The summed E-state index contributed by atoms with van der Waals surface area (Å²) in [5.74, 6) is 0.241. The fourth-order valence-corrected chi connectivity index (χ4v) is 5.08. The van der Waals surface area contributed by atoms with Crippen LogP contribution in [0.15, 0.2) is 30.3 Å². The fourth-order valence-electron chi connectivity index (χ4n) is 3.97. The minimum absolute atomic E-state index is 0.0336. The first kappa shape index (κ1) is 26.5. The molecule has 2 rings (SSSR count).